The zero-order chi connectivity index (χ0) is 12.7. The van der Waals surface area contributed by atoms with Crippen molar-refractivity contribution in [2.24, 2.45) is 0 Å². The van der Waals surface area contributed by atoms with Crippen LogP contribution in [0.1, 0.15) is 42.7 Å². The highest BCUT2D eigenvalue weighted by Gasteiger charge is 2.22. The van der Waals surface area contributed by atoms with Crippen molar-refractivity contribution in [3.8, 4) is 0 Å². The van der Waals surface area contributed by atoms with Crippen LogP contribution in [0.5, 0.6) is 0 Å². The molecule has 0 radical (unpaired) electrons. The number of H-pyrrole nitrogens is 1. The standard InChI is InChI=1S/C14H15NO3/c1-8-6-12-13(18-14(17)15-12)7-11(8)9-2-4-10(16)5-3-9/h6-7,9H,2-5H2,1H3,(H,15,17). The first-order valence-electron chi connectivity index (χ1n) is 6.28. The Bertz CT molecular complexity index is 655. The quantitative estimate of drug-likeness (QED) is 0.840. The van der Waals surface area contributed by atoms with Gasteiger partial charge in [-0.1, -0.05) is 0 Å². The predicted molar refractivity (Wildman–Crippen MR) is 67.8 cm³/mol. The van der Waals surface area contributed by atoms with Crippen molar-refractivity contribution in [3.63, 3.8) is 0 Å². The second kappa shape index (κ2) is 4.12. The van der Waals surface area contributed by atoms with Gasteiger partial charge in [0.05, 0.1) is 5.52 Å². The molecular weight excluding hydrogens is 230 g/mol. The third-order valence-corrected chi connectivity index (χ3v) is 3.79. The van der Waals surface area contributed by atoms with Gasteiger partial charge in [0.1, 0.15) is 5.78 Å². The van der Waals surface area contributed by atoms with Gasteiger partial charge in [-0.25, -0.2) is 4.79 Å². The summed E-state index contributed by atoms with van der Waals surface area (Å²) in [5, 5.41) is 0. The number of hydrogen-bond acceptors (Lipinski definition) is 3. The number of aromatic nitrogens is 1. The molecule has 1 aliphatic rings. The van der Waals surface area contributed by atoms with E-state index in [2.05, 4.69) is 4.98 Å². The Kier molecular flexibility index (Phi) is 2.58. The summed E-state index contributed by atoms with van der Waals surface area (Å²) in [7, 11) is 0. The van der Waals surface area contributed by atoms with Crippen LogP contribution in [0.4, 0.5) is 0 Å². The van der Waals surface area contributed by atoms with Gasteiger partial charge in [0.15, 0.2) is 5.58 Å². The zero-order valence-electron chi connectivity index (χ0n) is 10.3. The van der Waals surface area contributed by atoms with Gasteiger partial charge in [0, 0.05) is 12.8 Å². The Morgan fingerprint density at radius 1 is 1.22 bits per heavy atom. The van der Waals surface area contributed by atoms with Crippen LogP contribution in [-0.4, -0.2) is 10.8 Å². The Morgan fingerprint density at radius 2 is 1.94 bits per heavy atom. The summed E-state index contributed by atoms with van der Waals surface area (Å²) in [6.07, 6.45) is 3.14. The molecular formula is C14H15NO3. The summed E-state index contributed by atoms with van der Waals surface area (Å²) in [5.74, 6) is 0.353. The van der Waals surface area contributed by atoms with E-state index in [0.717, 1.165) is 23.9 Å². The number of fused-ring (bicyclic) bond motifs is 1. The summed E-state index contributed by atoms with van der Waals surface area (Å²) >= 11 is 0. The molecule has 0 spiro atoms. The number of nitrogens with one attached hydrogen (secondary N) is 1. The van der Waals surface area contributed by atoms with E-state index in [1.54, 1.807) is 0 Å². The third-order valence-electron chi connectivity index (χ3n) is 3.79. The number of rotatable bonds is 1. The molecule has 0 atom stereocenters. The first-order valence-corrected chi connectivity index (χ1v) is 6.28. The van der Waals surface area contributed by atoms with E-state index < -0.39 is 5.76 Å². The highest BCUT2D eigenvalue weighted by molar-refractivity contribution is 5.79. The Labute approximate surface area is 104 Å². The molecule has 3 rings (SSSR count). The largest absolute Gasteiger partial charge is 0.417 e. The van der Waals surface area contributed by atoms with E-state index in [4.69, 9.17) is 4.42 Å². The van der Waals surface area contributed by atoms with E-state index in [-0.39, 0.29) is 0 Å². The molecule has 0 aliphatic heterocycles. The number of aryl methyl sites for hydroxylation is 1. The van der Waals surface area contributed by atoms with Gasteiger partial charge in [-0.2, -0.15) is 0 Å². The molecule has 18 heavy (non-hydrogen) atoms. The maximum absolute atomic E-state index is 11.3. The monoisotopic (exact) mass is 245 g/mol. The molecule has 0 unspecified atom stereocenters. The minimum atomic E-state index is -0.416. The zero-order valence-corrected chi connectivity index (χ0v) is 10.3. The minimum absolute atomic E-state index is 0.359. The molecule has 1 aliphatic carbocycles. The number of oxazole rings is 1. The normalized spacial score (nSPS) is 17.5. The van der Waals surface area contributed by atoms with E-state index in [9.17, 15) is 9.59 Å². The fourth-order valence-electron chi connectivity index (χ4n) is 2.81. The number of carbonyl (C=O) groups is 1. The predicted octanol–water partition coefficient (Wildman–Crippen LogP) is 2.66. The van der Waals surface area contributed by atoms with Gasteiger partial charge >= 0.3 is 5.76 Å². The van der Waals surface area contributed by atoms with Gasteiger partial charge in [-0.05, 0) is 48.9 Å². The average Bonchev–Trinajstić information content (AvgIpc) is 2.68. The second-order valence-corrected chi connectivity index (χ2v) is 5.03. The fraction of sp³-hybridized carbons (Fsp3) is 0.429. The van der Waals surface area contributed by atoms with E-state index in [1.807, 2.05) is 19.1 Å². The Balaban J connectivity index is 2.02. The molecule has 0 saturated heterocycles. The first kappa shape index (κ1) is 11.3. The number of ketones is 1. The molecule has 1 N–H and O–H groups in total. The van der Waals surface area contributed by atoms with Gasteiger partial charge in [-0.15, -0.1) is 0 Å². The van der Waals surface area contributed by atoms with E-state index in [1.165, 1.54) is 5.56 Å². The Hall–Kier alpha value is -1.84. The first-order chi connectivity index (χ1) is 8.63. The SMILES string of the molecule is Cc1cc2[nH]c(=O)oc2cc1C1CCC(=O)CC1. The van der Waals surface area contributed by atoms with Gasteiger partial charge in [0.2, 0.25) is 0 Å². The van der Waals surface area contributed by atoms with Gasteiger partial charge in [0.25, 0.3) is 0 Å². The van der Waals surface area contributed by atoms with Crippen LogP contribution in [0.25, 0.3) is 11.1 Å². The Morgan fingerprint density at radius 3 is 2.67 bits per heavy atom. The molecule has 0 amide bonds. The van der Waals surface area contributed by atoms with E-state index in [0.29, 0.717) is 30.1 Å². The molecule has 2 aromatic rings. The fourth-order valence-corrected chi connectivity index (χ4v) is 2.81. The van der Waals surface area contributed by atoms with Crippen molar-refractivity contribution in [2.75, 3.05) is 0 Å². The molecule has 1 fully saturated rings. The lowest BCUT2D eigenvalue weighted by Crippen LogP contribution is -2.13. The van der Waals surface area contributed by atoms with Gasteiger partial charge in [-0.3, -0.25) is 9.78 Å². The highest BCUT2D eigenvalue weighted by atomic mass is 16.4. The molecule has 4 nitrogen and oxygen atoms in total. The molecule has 4 heteroatoms. The van der Waals surface area contributed by atoms with Crippen LogP contribution in [0.15, 0.2) is 21.3 Å². The van der Waals surface area contributed by atoms with Crippen molar-refractivity contribution in [1.82, 2.24) is 4.98 Å². The van der Waals surface area contributed by atoms with Crippen LogP contribution >= 0.6 is 0 Å². The average molecular weight is 245 g/mol. The third kappa shape index (κ3) is 1.88. The van der Waals surface area contributed by atoms with Crippen LogP contribution in [0.3, 0.4) is 0 Å². The summed E-state index contributed by atoms with van der Waals surface area (Å²) in [6, 6.07) is 3.90. The molecule has 1 aromatic carbocycles. The number of Topliss-reactive ketones (excluding diaryl/α,β-unsaturated/α-hetero) is 1. The summed E-state index contributed by atoms with van der Waals surface area (Å²) in [4.78, 5) is 25.1. The molecule has 0 bridgehead atoms. The van der Waals surface area contributed by atoms with Crippen molar-refractivity contribution >= 4 is 16.9 Å². The number of carbonyl (C=O) groups excluding carboxylic acids is 1. The number of benzene rings is 1. The lowest BCUT2D eigenvalue weighted by atomic mass is 9.82. The van der Waals surface area contributed by atoms with Crippen LogP contribution in [0, 0.1) is 6.92 Å². The maximum atomic E-state index is 11.3. The summed E-state index contributed by atoms with van der Waals surface area (Å²) in [5.41, 5.74) is 3.71. The van der Waals surface area contributed by atoms with Crippen molar-refractivity contribution < 1.29 is 9.21 Å². The summed E-state index contributed by atoms with van der Waals surface area (Å²) < 4.78 is 5.10. The van der Waals surface area contributed by atoms with Crippen molar-refractivity contribution in [3.05, 3.63) is 33.8 Å². The maximum Gasteiger partial charge on any atom is 0.417 e. The molecule has 94 valence electrons. The van der Waals surface area contributed by atoms with Crippen LogP contribution in [0.2, 0.25) is 0 Å². The smallest absolute Gasteiger partial charge is 0.408 e. The molecule has 1 saturated carbocycles. The molecule has 1 heterocycles. The lowest BCUT2D eigenvalue weighted by Gasteiger charge is -2.22. The highest BCUT2D eigenvalue weighted by Crippen LogP contribution is 2.34. The topological polar surface area (TPSA) is 63.1 Å². The molecule has 1 aromatic heterocycles. The lowest BCUT2D eigenvalue weighted by molar-refractivity contribution is -0.120. The number of hydrogen-bond donors (Lipinski definition) is 1. The van der Waals surface area contributed by atoms with Crippen LogP contribution < -0.4 is 5.76 Å². The van der Waals surface area contributed by atoms with E-state index >= 15 is 0 Å². The number of aromatic amines is 1. The second-order valence-electron chi connectivity index (χ2n) is 5.03. The van der Waals surface area contributed by atoms with Crippen LogP contribution in [-0.2, 0) is 4.79 Å². The van der Waals surface area contributed by atoms with Gasteiger partial charge < -0.3 is 4.42 Å². The van der Waals surface area contributed by atoms with Crippen molar-refractivity contribution in [2.45, 2.75) is 38.5 Å². The summed E-state index contributed by atoms with van der Waals surface area (Å²) in [6.45, 7) is 2.04. The minimum Gasteiger partial charge on any atom is -0.408 e. The van der Waals surface area contributed by atoms with Crippen molar-refractivity contribution in [1.29, 1.82) is 0 Å².